The van der Waals surface area contributed by atoms with Crippen molar-refractivity contribution in [1.29, 1.82) is 0 Å². The minimum absolute atomic E-state index is 0.0443. The lowest BCUT2D eigenvalue weighted by Crippen LogP contribution is -2.51. The molecule has 0 radical (unpaired) electrons. The van der Waals surface area contributed by atoms with Gasteiger partial charge in [-0.1, -0.05) is 64.2 Å². The number of carbonyl (C=O) groups is 1. The summed E-state index contributed by atoms with van der Waals surface area (Å²) in [4.78, 5) is 25.9. The van der Waals surface area contributed by atoms with Crippen LogP contribution in [0.4, 0.5) is 0 Å². The van der Waals surface area contributed by atoms with Crippen molar-refractivity contribution in [2.45, 2.75) is 89.5 Å². The zero-order chi connectivity index (χ0) is 28.2. The fourth-order valence-electron chi connectivity index (χ4n) is 6.14. The van der Waals surface area contributed by atoms with E-state index in [9.17, 15) is 20.1 Å². The molecule has 4 aromatic rings. The van der Waals surface area contributed by atoms with Crippen LogP contribution in [0.25, 0.3) is 21.8 Å². The van der Waals surface area contributed by atoms with Gasteiger partial charge in [0.05, 0.1) is 34.9 Å². The molecule has 1 fully saturated rings. The van der Waals surface area contributed by atoms with Crippen LogP contribution in [0.15, 0.2) is 49.1 Å². The Labute approximate surface area is 234 Å². The van der Waals surface area contributed by atoms with Gasteiger partial charge in [-0.3, -0.25) is 4.79 Å². The average Bonchev–Trinajstić information content (AvgIpc) is 3.57. The lowest BCUT2D eigenvalue weighted by Gasteiger charge is -2.33. The Morgan fingerprint density at radius 2 is 1.93 bits per heavy atom. The number of carbonyl (C=O) groups excluding carboxylic acids is 1. The Kier molecular flexibility index (Phi) is 8.71. The topological polar surface area (TPSA) is 136 Å². The molecule has 1 aromatic carbocycles. The molecule has 3 aromatic heterocycles. The van der Waals surface area contributed by atoms with E-state index in [1.807, 2.05) is 44.2 Å². The lowest BCUT2D eigenvalue weighted by atomic mass is 9.82. The number of hydrogen-bond acceptors (Lipinski definition) is 6. The fraction of sp³-hybridized carbons (Fsp3) is 0.516. The number of rotatable bonds is 11. The number of fused-ring (bicyclic) bond motifs is 2. The molecule has 4 atom stereocenters. The van der Waals surface area contributed by atoms with Crippen LogP contribution in [0.2, 0.25) is 0 Å². The highest BCUT2D eigenvalue weighted by atomic mass is 16.3. The van der Waals surface area contributed by atoms with Gasteiger partial charge in [0.1, 0.15) is 12.1 Å². The number of nitrogens with zero attached hydrogens (tertiary/aromatic N) is 3. The van der Waals surface area contributed by atoms with Gasteiger partial charge >= 0.3 is 0 Å². The van der Waals surface area contributed by atoms with E-state index in [-0.39, 0.29) is 24.1 Å². The quantitative estimate of drug-likeness (QED) is 0.186. The number of H-pyrrole nitrogens is 1. The van der Waals surface area contributed by atoms with Crippen molar-refractivity contribution in [3.63, 3.8) is 0 Å². The summed E-state index contributed by atoms with van der Waals surface area (Å²) in [6, 6.07) is 8.13. The summed E-state index contributed by atoms with van der Waals surface area (Å²) in [5.41, 5.74) is 2.13. The SMILES string of the molecule is CC(C)C[C@H](O)[C@H](O)[C@H](CC1CCCCC1)NC(=O)[C@H](Cc1cnc[nH]1)n1cc2nc3ccccc3cc2c1O. The number of nitrogens with one attached hydrogen (secondary N) is 2. The highest BCUT2D eigenvalue weighted by Crippen LogP contribution is 2.34. The van der Waals surface area contributed by atoms with E-state index >= 15 is 0 Å². The number of benzene rings is 1. The Hall–Kier alpha value is -3.43. The van der Waals surface area contributed by atoms with Gasteiger partial charge in [-0.2, -0.15) is 0 Å². The van der Waals surface area contributed by atoms with E-state index in [1.165, 1.54) is 6.42 Å². The van der Waals surface area contributed by atoms with Crippen molar-refractivity contribution in [2.24, 2.45) is 11.8 Å². The van der Waals surface area contributed by atoms with E-state index in [2.05, 4.69) is 15.3 Å². The van der Waals surface area contributed by atoms with Crippen molar-refractivity contribution in [3.05, 3.63) is 54.7 Å². The summed E-state index contributed by atoms with van der Waals surface area (Å²) in [5, 5.41) is 37.9. The monoisotopic (exact) mass is 547 g/mol. The molecule has 0 saturated heterocycles. The molecule has 1 saturated carbocycles. The van der Waals surface area contributed by atoms with E-state index in [4.69, 9.17) is 4.98 Å². The zero-order valence-corrected chi connectivity index (χ0v) is 23.3. The number of aliphatic hydroxyl groups excluding tert-OH is 2. The van der Waals surface area contributed by atoms with E-state index in [0.29, 0.717) is 29.7 Å². The Morgan fingerprint density at radius 3 is 2.65 bits per heavy atom. The average molecular weight is 548 g/mol. The minimum Gasteiger partial charge on any atom is -0.494 e. The van der Waals surface area contributed by atoms with Crippen molar-refractivity contribution >= 4 is 27.7 Å². The number of pyridine rings is 1. The molecule has 214 valence electrons. The third kappa shape index (κ3) is 6.31. The summed E-state index contributed by atoms with van der Waals surface area (Å²) in [6.45, 7) is 4.00. The number of para-hydroxylation sites is 1. The molecular formula is C31H41N5O4. The first-order chi connectivity index (χ1) is 19.3. The maximum atomic E-state index is 14.0. The van der Waals surface area contributed by atoms with Crippen LogP contribution in [-0.4, -0.2) is 59.0 Å². The molecule has 0 unspecified atom stereocenters. The number of hydrogen-bond donors (Lipinski definition) is 5. The lowest BCUT2D eigenvalue weighted by molar-refractivity contribution is -0.127. The summed E-state index contributed by atoms with van der Waals surface area (Å²) < 4.78 is 1.56. The molecule has 9 heteroatoms. The zero-order valence-electron chi connectivity index (χ0n) is 23.3. The molecular weight excluding hydrogens is 506 g/mol. The van der Waals surface area contributed by atoms with Gasteiger partial charge in [-0.05, 0) is 36.8 Å². The maximum absolute atomic E-state index is 14.0. The molecule has 0 bridgehead atoms. The second-order valence-corrected chi connectivity index (χ2v) is 11.8. The summed E-state index contributed by atoms with van der Waals surface area (Å²) in [6.07, 6.45) is 9.79. The first-order valence-corrected chi connectivity index (χ1v) is 14.5. The largest absolute Gasteiger partial charge is 0.494 e. The van der Waals surface area contributed by atoms with Crippen LogP contribution in [0.1, 0.15) is 70.5 Å². The van der Waals surface area contributed by atoms with Crippen LogP contribution in [-0.2, 0) is 11.2 Å². The first-order valence-electron chi connectivity index (χ1n) is 14.5. The molecule has 0 aliphatic heterocycles. The Bertz CT molecular complexity index is 1410. The van der Waals surface area contributed by atoms with Crippen molar-refractivity contribution in [3.8, 4) is 5.88 Å². The number of aromatic amines is 1. The van der Waals surface area contributed by atoms with E-state index in [1.54, 1.807) is 23.3 Å². The third-order valence-electron chi connectivity index (χ3n) is 8.27. The van der Waals surface area contributed by atoms with Crippen LogP contribution >= 0.6 is 0 Å². The highest BCUT2D eigenvalue weighted by molar-refractivity contribution is 5.96. The van der Waals surface area contributed by atoms with Crippen LogP contribution < -0.4 is 5.32 Å². The number of aromatic nitrogens is 4. The normalized spacial score (nSPS) is 17.7. The van der Waals surface area contributed by atoms with Gasteiger partial charge in [0, 0.05) is 29.9 Å². The van der Waals surface area contributed by atoms with E-state index < -0.39 is 24.3 Å². The predicted octanol–water partition coefficient (Wildman–Crippen LogP) is 4.63. The molecule has 3 heterocycles. The Balaban J connectivity index is 1.47. The van der Waals surface area contributed by atoms with Gasteiger partial charge in [0.25, 0.3) is 0 Å². The van der Waals surface area contributed by atoms with E-state index in [0.717, 1.165) is 42.3 Å². The maximum Gasteiger partial charge on any atom is 0.243 e. The second-order valence-electron chi connectivity index (χ2n) is 11.8. The van der Waals surface area contributed by atoms with Gasteiger partial charge in [0.15, 0.2) is 0 Å². The molecule has 5 rings (SSSR count). The van der Waals surface area contributed by atoms with Gasteiger partial charge < -0.3 is 30.2 Å². The van der Waals surface area contributed by atoms with Crippen molar-refractivity contribution in [2.75, 3.05) is 0 Å². The van der Waals surface area contributed by atoms with Crippen LogP contribution in [0.5, 0.6) is 5.88 Å². The first kappa shape index (κ1) is 28.1. The molecule has 0 spiro atoms. The smallest absolute Gasteiger partial charge is 0.243 e. The molecule has 5 N–H and O–H groups in total. The number of imidazole rings is 1. The number of aliphatic hydroxyl groups is 2. The predicted molar refractivity (Wildman–Crippen MR) is 155 cm³/mol. The minimum atomic E-state index is -1.09. The molecule has 1 amide bonds. The number of aromatic hydroxyl groups is 1. The number of amides is 1. The summed E-state index contributed by atoms with van der Waals surface area (Å²) in [5.74, 6) is 0.199. The van der Waals surface area contributed by atoms with Crippen molar-refractivity contribution in [1.82, 2.24) is 24.8 Å². The van der Waals surface area contributed by atoms with Crippen LogP contribution in [0.3, 0.4) is 0 Å². The third-order valence-corrected chi connectivity index (χ3v) is 8.27. The molecule has 1 aliphatic carbocycles. The Morgan fingerprint density at radius 1 is 1.15 bits per heavy atom. The standard InChI is InChI=1S/C31H41N5O4/c1-19(2)12-28(37)29(38)25(13-20-8-4-3-5-9-20)35-30(39)27(15-22-16-32-18-33-22)36-17-26-23(31(36)40)14-21-10-6-7-11-24(21)34-26/h6-7,10-11,14,16-20,25,27-29,37-38,40H,3-5,8-9,12-13,15H2,1-2H3,(H,32,33)(H,35,39)/t25-,27-,28-,29+/m0/s1. The molecule has 1 aliphatic rings. The summed E-state index contributed by atoms with van der Waals surface area (Å²) >= 11 is 0. The molecule has 40 heavy (non-hydrogen) atoms. The molecule has 9 nitrogen and oxygen atoms in total. The van der Waals surface area contributed by atoms with Gasteiger partial charge in [-0.15, -0.1) is 0 Å². The van der Waals surface area contributed by atoms with Gasteiger partial charge in [-0.25, -0.2) is 9.97 Å². The fourth-order valence-corrected chi connectivity index (χ4v) is 6.14. The van der Waals surface area contributed by atoms with Gasteiger partial charge in [0.2, 0.25) is 11.8 Å². The second kappa shape index (κ2) is 12.4. The van der Waals surface area contributed by atoms with Crippen molar-refractivity contribution < 1.29 is 20.1 Å². The highest BCUT2D eigenvalue weighted by Gasteiger charge is 2.34. The summed E-state index contributed by atoms with van der Waals surface area (Å²) in [7, 11) is 0. The van der Waals surface area contributed by atoms with Crippen LogP contribution in [0, 0.1) is 11.8 Å².